The predicted octanol–water partition coefficient (Wildman–Crippen LogP) is 4.55. The fourth-order valence-electron chi connectivity index (χ4n) is 2.39. The molecule has 5 nitrogen and oxygen atoms in total. The van der Waals surface area contributed by atoms with Gasteiger partial charge in [-0.05, 0) is 18.9 Å². The first-order chi connectivity index (χ1) is 12.2. The summed E-state index contributed by atoms with van der Waals surface area (Å²) in [4.78, 5) is 25.3. The topological polar surface area (TPSA) is 55.8 Å². The van der Waals surface area contributed by atoms with Crippen LogP contribution in [-0.4, -0.2) is 36.7 Å². The molecule has 0 spiro atoms. The van der Waals surface area contributed by atoms with Crippen LogP contribution in [0.2, 0.25) is 0 Å². The second kappa shape index (κ2) is 13.3. The van der Waals surface area contributed by atoms with Gasteiger partial charge in [0.2, 0.25) is 0 Å². The van der Waals surface area contributed by atoms with Crippen LogP contribution in [0.1, 0.15) is 57.9 Å². The van der Waals surface area contributed by atoms with Crippen molar-refractivity contribution in [2.75, 3.05) is 19.7 Å². The first-order valence-corrected chi connectivity index (χ1v) is 9.28. The maximum atomic E-state index is 12.1. The Balaban J connectivity index is 2.20. The first kappa shape index (κ1) is 21.0. The summed E-state index contributed by atoms with van der Waals surface area (Å²) in [6.07, 6.45) is 6.35. The molecule has 0 fully saturated rings. The normalized spacial score (nSPS) is 10.3. The van der Waals surface area contributed by atoms with Crippen molar-refractivity contribution < 1.29 is 19.1 Å². The summed E-state index contributed by atoms with van der Waals surface area (Å²) in [6.45, 7) is 4.95. The van der Waals surface area contributed by atoms with Gasteiger partial charge in [0, 0.05) is 6.54 Å². The van der Waals surface area contributed by atoms with Gasteiger partial charge in [0.1, 0.15) is 13.2 Å². The summed E-state index contributed by atoms with van der Waals surface area (Å²) in [5, 5.41) is 0. The van der Waals surface area contributed by atoms with Crippen molar-refractivity contribution in [1.82, 2.24) is 4.90 Å². The summed E-state index contributed by atoms with van der Waals surface area (Å²) < 4.78 is 10.4. The highest BCUT2D eigenvalue weighted by Gasteiger charge is 2.17. The van der Waals surface area contributed by atoms with Gasteiger partial charge in [-0.2, -0.15) is 0 Å². The molecule has 0 N–H and O–H groups in total. The van der Waals surface area contributed by atoms with E-state index in [0.29, 0.717) is 13.2 Å². The van der Waals surface area contributed by atoms with Gasteiger partial charge in [0.25, 0.3) is 0 Å². The van der Waals surface area contributed by atoms with E-state index in [1.54, 1.807) is 0 Å². The Morgan fingerprint density at radius 2 is 1.60 bits per heavy atom. The van der Waals surface area contributed by atoms with Gasteiger partial charge in [-0.3, -0.25) is 9.69 Å². The molecule has 140 valence electrons. The van der Waals surface area contributed by atoms with Crippen LogP contribution in [0.15, 0.2) is 30.3 Å². The Labute approximate surface area is 151 Å². The molecule has 1 amide bonds. The van der Waals surface area contributed by atoms with E-state index in [4.69, 9.17) is 9.47 Å². The number of esters is 1. The minimum atomic E-state index is -0.497. The summed E-state index contributed by atoms with van der Waals surface area (Å²) in [5.74, 6) is -0.382. The average Bonchev–Trinajstić information content (AvgIpc) is 2.64. The second-order valence-corrected chi connectivity index (χ2v) is 6.04. The lowest BCUT2D eigenvalue weighted by atomic mass is 10.1. The number of likely N-dealkylation sites (N-methyl/N-ethyl adjacent to an activating group) is 1. The van der Waals surface area contributed by atoms with Gasteiger partial charge < -0.3 is 9.47 Å². The fraction of sp³-hybridized carbons (Fsp3) is 0.600. The summed E-state index contributed by atoms with van der Waals surface area (Å²) >= 11 is 0. The SMILES string of the molecule is CCCCCCCCOC(=O)CN(CC)C(=O)OCc1ccccc1. The Morgan fingerprint density at radius 1 is 0.920 bits per heavy atom. The molecule has 0 aliphatic rings. The first-order valence-electron chi connectivity index (χ1n) is 9.28. The van der Waals surface area contributed by atoms with E-state index < -0.39 is 6.09 Å². The highest BCUT2D eigenvalue weighted by molar-refractivity contribution is 5.78. The van der Waals surface area contributed by atoms with E-state index in [1.807, 2.05) is 37.3 Å². The van der Waals surface area contributed by atoms with Crippen molar-refractivity contribution in [3.05, 3.63) is 35.9 Å². The molecule has 25 heavy (non-hydrogen) atoms. The van der Waals surface area contributed by atoms with Crippen molar-refractivity contribution in [2.24, 2.45) is 0 Å². The Hall–Kier alpha value is -2.04. The summed E-state index contributed by atoms with van der Waals surface area (Å²) in [6, 6.07) is 9.46. The van der Waals surface area contributed by atoms with Gasteiger partial charge in [0.05, 0.1) is 6.61 Å². The quantitative estimate of drug-likeness (QED) is 0.410. The van der Waals surface area contributed by atoms with E-state index in [2.05, 4.69) is 6.92 Å². The number of nitrogens with zero attached hydrogens (tertiary/aromatic N) is 1. The van der Waals surface area contributed by atoms with Crippen molar-refractivity contribution in [3.63, 3.8) is 0 Å². The van der Waals surface area contributed by atoms with E-state index in [-0.39, 0.29) is 19.1 Å². The monoisotopic (exact) mass is 349 g/mol. The molecule has 0 bridgehead atoms. The molecule has 1 aromatic carbocycles. The van der Waals surface area contributed by atoms with Gasteiger partial charge in [-0.25, -0.2) is 4.79 Å². The highest BCUT2D eigenvalue weighted by Crippen LogP contribution is 2.06. The molecule has 1 rings (SSSR count). The van der Waals surface area contributed by atoms with E-state index in [9.17, 15) is 9.59 Å². The van der Waals surface area contributed by atoms with E-state index in [1.165, 1.54) is 30.6 Å². The van der Waals surface area contributed by atoms with Crippen molar-refractivity contribution >= 4 is 12.1 Å². The lowest BCUT2D eigenvalue weighted by molar-refractivity contribution is -0.144. The third-order valence-electron chi connectivity index (χ3n) is 3.93. The molecule has 0 aliphatic carbocycles. The van der Waals surface area contributed by atoms with Crippen LogP contribution in [0.4, 0.5) is 4.79 Å². The molecule has 0 heterocycles. The van der Waals surface area contributed by atoms with Crippen LogP contribution in [0.3, 0.4) is 0 Å². The van der Waals surface area contributed by atoms with E-state index in [0.717, 1.165) is 18.4 Å². The zero-order chi connectivity index (χ0) is 18.3. The summed E-state index contributed by atoms with van der Waals surface area (Å²) in [7, 11) is 0. The second-order valence-electron chi connectivity index (χ2n) is 6.04. The molecule has 0 unspecified atom stereocenters. The lowest BCUT2D eigenvalue weighted by Crippen LogP contribution is -2.36. The maximum Gasteiger partial charge on any atom is 0.410 e. The molecule has 0 saturated carbocycles. The van der Waals surface area contributed by atoms with Crippen LogP contribution in [0, 0.1) is 0 Å². The number of hydrogen-bond acceptors (Lipinski definition) is 4. The number of unbranched alkanes of at least 4 members (excludes halogenated alkanes) is 5. The number of rotatable bonds is 12. The molecule has 0 radical (unpaired) electrons. The number of amides is 1. The molecule has 0 aliphatic heterocycles. The number of carbonyl (C=O) groups excluding carboxylic acids is 2. The van der Waals surface area contributed by atoms with Crippen LogP contribution in [0.25, 0.3) is 0 Å². The molecule has 0 atom stereocenters. The molecule has 0 saturated heterocycles. The fourth-order valence-corrected chi connectivity index (χ4v) is 2.39. The molecular formula is C20H31NO4. The van der Waals surface area contributed by atoms with Gasteiger partial charge in [0.15, 0.2) is 0 Å². The van der Waals surface area contributed by atoms with Crippen LogP contribution >= 0.6 is 0 Å². The average molecular weight is 349 g/mol. The molecule has 5 heteroatoms. The van der Waals surface area contributed by atoms with Crippen molar-refractivity contribution in [3.8, 4) is 0 Å². The third-order valence-corrected chi connectivity index (χ3v) is 3.93. The molecular weight excluding hydrogens is 318 g/mol. The standard InChI is InChI=1S/C20H31NO4/c1-3-5-6-7-8-12-15-24-19(22)16-21(4-2)20(23)25-17-18-13-10-9-11-14-18/h9-11,13-14H,3-8,12,15-17H2,1-2H3. The van der Waals surface area contributed by atoms with E-state index >= 15 is 0 Å². The smallest absolute Gasteiger partial charge is 0.410 e. The van der Waals surface area contributed by atoms with Crippen molar-refractivity contribution in [1.29, 1.82) is 0 Å². The van der Waals surface area contributed by atoms with Crippen LogP contribution < -0.4 is 0 Å². The van der Waals surface area contributed by atoms with Crippen molar-refractivity contribution in [2.45, 2.75) is 59.0 Å². The molecule has 1 aromatic rings. The zero-order valence-corrected chi connectivity index (χ0v) is 15.5. The number of ether oxygens (including phenoxy) is 2. The lowest BCUT2D eigenvalue weighted by Gasteiger charge is -2.19. The molecule has 0 aromatic heterocycles. The zero-order valence-electron chi connectivity index (χ0n) is 15.5. The number of benzene rings is 1. The van der Waals surface area contributed by atoms with Gasteiger partial charge in [-0.15, -0.1) is 0 Å². The predicted molar refractivity (Wildman–Crippen MR) is 98.2 cm³/mol. The number of carbonyl (C=O) groups is 2. The Kier molecular flexibility index (Phi) is 11.2. The van der Waals surface area contributed by atoms with Gasteiger partial charge >= 0.3 is 12.1 Å². The van der Waals surface area contributed by atoms with Crippen LogP contribution in [0.5, 0.6) is 0 Å². The minimum absolute atomic E-state index is 0.0695. The minimum Gasteiger partial charge on any atom is -0.464 e. The summed E-state index contributed by atoms with van der Waals surface area (Å²) in [5.41, 5.74) is 0.914. The Morgan fingerprint density at radius 3 is 2.28 bits per heavy atom. The largest absolute Gasteiger partial charge is 0.464 e. The van der Waals surface area contributed by atoms with Gasteiger partial charge in [-0.1, -0.05) is 69.4 Å². The van der Waals surface area contributed by atoms with Crippen LogP contribution in [-0.2, 0) is 20.9 Å². The maximum absolute atomic E-state index is 12.1. The Bertz CT molecular complexity index is 490. The third kappa shape index (κ3) is 9.75. The number of hydrogen-bond donors (Lipinski definition) is 0. The highest BCUT2D eigenvalue weighted by atomic mass is 16.6.